The molecule has 0 atom stereocenters. The molecule has 138 valence electrons. The highest BCUT2D eigenvalue weighted by Crippen LogP contribution is 2.24. The fourth-order valence-corrected chi connectivity index (χ4v) is 2.80. The molecule has 2 heterocycles. The highest BCUT2D eigenvalue weighted by atomic mass is 16.4. The Balaban J connectivity index is 1.59. The highest BCUT2D eigenvalue weighted by Gasteiger charge is 2.11. The fraction of sp³-hybridized carbons (Fsp3) is 0.100. The summed E-state index contributed by atoms with van der Waals surface area (Å²) in [7, 11) is 0. The van der Waals surface area contributed by atoms with Crippen molar-refractivity contribution in [2.45, 2.75) is 13.5 Å². The third kappa shape index (κ3) is 3.48. The quantitative estimate of drug-likeness (QED) is 0.531. The van der Waals surface area contributed by atoms with Gasteiger partial charge >= 0.3 is 5.97 Å². The van der Waals surface area contributed by atoms with Crippen molar-refractivity contribution in [3.63, 3.8) is 0 Å². The number of aromatic nitrogens is 4. The molecule has 0 radical (unpaired) electrons. The maximum Gasteiger partial charge on any atom is 0.335 e. The van der Waals surface area contributed by atoms with Crippen molar-refractivity contribution < 1.29 is 9.90 Å². The zero-order valence-corrected chi connectivity index (χ0v) is 15.0. The van der Waals surface area contributed by atoms with E-state index in [1.165, 1.54) is 6.33 Å². The monoisotopic (exact) mass is 372 g/mol. The number of carboxylic acids is 1. The lowest BCUT2D eigenvalue weighted by Gasteiger charge is -2.03. The van der Waals surface area contributed by atoms with Crippen LogP contribution in [0, 0.1) is 6.92 Å². The molecule has 28 heavy (non-hydrogen) atoms. The number of azo groups is 1. The topological polar surface area (TPSA) is 106 Å². The van der Waals surface area contributed by atoms with Crippen LogP contribution in [0.15, 0.2) is 71.3 Å². The maximum atomic E-state index is 10.9. The molecule has 0 unspecified atom stereocenters. The van der Waals surface area contributed by atoms with Crippen molar-refractivity contribution in [3.8, 4) is 5.69 Å². The molecule has 4 aromatic rings. The number of fused-ring (bicyclic) bond motifs is 1. The van der Waals surface area contributed by atoms with Crippen LogP contribution in [0.3, 0.4) is 0 Å². The first-order chi connectivity index (χ1) is 13.6. The van der Waals surface area contributed by atoms with E-state index in [-0.39, 0.29) is 5.56 Å². The molecule has 0 aliphatic rings. The van der Waals surface area contributed by atoms with E-state index in [9.17, 15) is 4.79 Å². The number of aryl methyl sites for hydroxylation is 1. The molecule has 8 heteroatoms. The molecule has 1 N–H and O–H groups in total. The van der Waals surface area contributed by atoms with E-state index in [0.717, 1.165) is 16.8 Å². The van der Waals surface area contributed by atoms with E-state index >= 15 is 0 Å². The van der Waals surface area contributed by atoms with Crippen LogP contribution in [0.4, 0.5) is 5.82 Å². The van der Waals surface area contributed by atoms with Gasteiger partial charge in [-0.3, -0.25) is 0 Å². The fourth-order valence-electron chi connectivity index (χ4n) is 2.80. The summed E-state index contributed by atoms with van der Waals surface area (Å²) in [5.74, 6) is -0.520. The number of benzene rings is 2. The van der Waals surface area contributed by atoms with Crippen LogP contribution in [0.5, 0.6) is 0 Å². The molecule has 2 aromatic heterocycles. The average Bonchev–Trinajstić information content (AvgIpc) is 3.13. The first-order valence-electron chi connectivity index (χ1n) is 8.57. The SMILES string of the molecule is Cc1cccc(-n2ncc3c(N=NCc4ccc(C(=O)O)cc4)ncnc32)c1. The summed E-state index contributed by atoms with van der Waals surface area (Å²) in [5, 5.41) is 22.5. The van der Waals surface area contributed by atoms with E-state index < -0.39 is 5.97 Å². The van der Waals surface area contributed by atoms with Gasteiger partial charge in [-0.25, -0.2) is 19.4 Å². The van der Waals surface area contributed by atoms with Gasteiger partial charge in [0.1, 0.15) is 6.33 Å². The van der Waals surface area contributed by atoms with Crippen molar-refractivity contribution in [1.29, 1.82) is 0 Å². The Kier molecular flexibility index (Phi) is 4.59. The minimum absolute atomic E-state index is 0.238. The number of hydrogen-bond donors (Lipinski definition) is 1. The van der Waals surface area contributed by atoms with Gasteiger partial charge in [-0.15, -0.1) is 5.11 Å². The second kappa shape index (κ2) is 7.36. The summed E-state index contributed by atoms with van der Waals surface area (Å²) < 4.78 is 1.74. The van der Waals surface area contributed by atoms with Crippen molar-refractivity contribution in [2.75, 3.05) is 0 Å². The normalized spacial score (nSPS) is 11.3. The predicted octanol–water partition coefficient (Wildman–Crippen LogP) is 4.11. The van der Waals surface area contributed by atoms with Gasteiger partial charge in [-0.2, -0.15) is 10.2 Å². The van der Waals surface area contributed by atoms with Crippen molar-refractivity contribution in [3.05, 3.63) is 77.7 Å². The van der Waals surface area contributed by atoms with Crippen LogP contribution in [0.1, 0.15) is 21.5 Å². The summed E-state index contributed by atoms with van der Waals surface area (Å²) >= 11 is 0. The second-order valence-electron chi connectivity index (χ2n) is 6.23. The van der Waals surface area contributed by atoms with E-state index in [2.05, 4.69) is 25.3 Å². The standard InChI is InChI=1S/C20H16N6O2/c1-13-3-2-4-16(9-13)26-19-17(11-24-26)18(21-12-22-19)25-23-10-14-5-7-15(8-6-14)20(27)28/h2-9,11-12H,10H2,1H3,(H,27,28). The van der Waals surface area contributed by atoms with Crippen molar-refractivity contribution in [2.24, 2.45) is 10.2 Å². The predicted molar refractivity (Wildman–Crippen MR) is 103 cm³/mol. The Hall–Kier alpha value is -3.94. The smallest absolute Gasteiger partial charge is 0.335 e. The van der Waals surface area contributed by atoms with Gasteiger partial charge in [0.25, 0.3) is 0 Å². The molecular weight excluding hydrogens is 356 g/mol. The number of carboxylic acid groups (broad SMARTS) is 1. The minimum atomic E-state index is -0.956. The number of carbonyl (C=O) groups is 1. The van der Waals surface area contributed by atoms with E-state index in [1.807, 2.05) is 31.2 Å². The Morgan fingerprint density at radius 3 is 2.71 bits per heavy atom. The second-order valence-corrected chi connectivity index (χ2v) is 6.23. The lowest BCUT2D eigenvalue weighted by atomic mass is 10.1. The Morgan fingerprint density at radius 1 is 1.14 bits per heavy atom. The minimum Gasteiger partial charge on any atom is -0.478 e. The van der Waals surface area contributed by atoms with Gasteiger partial charge in [0.2, 0.25) is 0 Å². The van der Waals surface area contributed by atoms with Gasteiger partial charge in [0.05, 0.1) is 29.4 Å². The van der Waals surface area contributed by atoms with Crippen LogP contribution >= 0.6 is 0 Å². The highest BCUT2D eigenvalue weighted by molar-refractivity contribution is 5.87. The van der Waals surface area contributed by atoms with E-state index in [0.29, 0.717) is 23.4 Å². The molecule has 8 nitrogen and oxygen atoms in total. The Labute approximate surface area is 160 Å². The lowest BCUT2D eigenvalue weighted by molar-refractivity contribution is 0.0697. The summed E-state index contributed by atoms with van der Waals surface area (Å²) in [5.41, 5.74) is 3.79. The summed E-state index contributed by atoms with van der Waals surface area (Å²) in [6, 6.07) is 14.5. The van der Waals surface area contributed by atoms with Gasteiger partial charge in [-0.1, -0.05) is 24.3 Å². The Bertz CT molecular complexity index is 1180. The van der Waals surface area contributed by atoms with Crippen molar-refractivity contribution in [1.82, 2.24) is 19.7 Å². The zero-order chi connectivity index (χ0) is 19.5. The lowest BCUT2D eigenvalue weighted by Crippen LogP contribution is -1.97. The summed E-state index contributed by atoms with van der Waals surface area (Å²) in [4.78, 5) is 19.4. The molecular formula is C20H16N6O2. The van der Waals surface area contributed by atoms with Crippen LogP contribution in [-0.2, 0) is 6.54 Å². The van der Waals surface area contributed by atoms with Crippen molar-refractivity contribution >= 4 is 22.8 Å². The van der Waals surface area contributed by atoms with Crippen LogP contribution < -0.4 is 0 Å². The molecule has 0 spiro atoms. The summed E-state index contributed by atoms with van der Waals surface area (Å²) in [6.45, 7) is 2.34. The molecule has 0 saturated heterocycles. The molecule has 0 aliphatic heterocycles. The molecule has 0 amide bonds. The van der Waals surface area contributed by atoms with Gasteiger partial charge in [-0.05, 0) is 42.3 Å². The molecule has 0 aliphatic carbocycles. The summed E-state index contributed by atoms with van der Waals surface area (Å²) in [6.07, 6.45) is 3.11. The van der Waals surface area contributed by atoms with Gasteiger partial charge < -0.3 is 5.11 Å². The average molecular weight is 372 g/mol. The molecule has 0 saturated carbocycles. The van der Waals surface area contributed by atoms with Gasteiger partial charge in [0.15, 0.2) is 11.5 Å². The number of hydrogen-bond acceptors (Lipinski definition) is 6. The zero-order valence-electron chi connectivity index (χ0n) is 15.0. The first kappa shape index (κ1) is 17.5. The van der Waals surface area contributed by atoms with E-state index in [1.54, 1.807) is 35.1 Å². The molecule has 4 rings (SSSR count). The number of nitrogens with zero attached hydrogens (tertiary/aromatic N) is 6. The first-order valence-corrected chi connectivity index (χ1v) is 8.57. The van der Waals surface area contributed by atoms with Crippen LogP contribution in [-0.4, -0.2) is 30.8 Å². The van der Waals surface area contributed by atoms with Gasteiger partial charge in [0, 0.05) is 0 Å². The van der Waals surface area contributed by atoms with Crippen LogP contribution in [0.25, 0.3) is 16.7 Å². The Morgan fingerprint density at radius 2 is 1.96 bits per heavy atom. The largest absolute Gasteiger partial charge is 0.478 e. The third-order valence-corrected chi connectivity index (χ3v) is 4.21. The number of aromatic carboxylic acids is 1. The van der Waals surface area contributed by atoms with E-state index in [4.69, 9.17) is 5.11 Å². The third-order valence-electron chi connectivity index (χ3n) is 4.21. The number of rotatable bonds is 5. The maximum absolute atomic E-state index is 10.9. The van der Waals surface area contributed by atoms with Crippen LogP contribution in [0.2, 0.25) is 0 Å². The molecule has 0 bridgehead atoms. The molecule has 2 aromatic carbocycles. The molecule has 0 fully saturated rings.